The van der Waals surface area contributed by atoms with Crippen molar-refractivity contribution in [2.75, 3.05) is 0 Å². The molecule has 0 spiro atoms. The summed E-state index contributed by atoms with van der Waals surface area (Å²) in [5.41, 5.74) is 5.21. The van der Waals surface area contributed by atoms with Crippen molar-refractivity contribution in [1.82, 2.24) is 0 Å². The van der Waals surface area contributed by atoms with Gasteiger partial charge in [0, 0.05) is 25.7 Å². The first-order valence-electron chi connectivity index (χ1n) is 12.0. The summed E-state index contributed by atoms with van der Waals surface area (Å²) in [7, 11) is 0. The number of fused-ring (bicyclic) bond motifs is 3. The molecule has 162 valence electrons. The summed E-state index contributed by atoms with van der Waals surface area (Å²) in [5, 5.41) is 10.7. The van der Waals surface area contributed by atoms with Crippen molar-refractivity contribution in [2.24, 2.45) is 0 Å². The van der Waals surface area contributed by atoms with Gasteiger partial charge in [-0.25, -0.2) is 0 Å². The van der Waals surface area contributed by atoms with Crippen LogP contribution in [0.5, 0.6) is 0 Å². The van der Waals surface area contributed by atoms with E-state index in [4.69, 9.17) is 0 Å². The molecule has 0 atom stereocenters. The van der Waals surface area contributed by atoms with E-state index < -0.39 is 0 Å². The Balaban J connectivity index is 1.48. The monoisotopic (exact) mass is 460 g/mol. The van der Waals surface area contributed by atoms with Gasteiger partial charge in [-0.1, -0.05) is 115 Å². The van der Waals surface area contributed by atoms with Gasteiger partial charge in [0.15, 0.2) is 0 Å². The first kappa shape index (κ1) is 19.1. The van der Waals surface area contributed by atoms with Crippen LogP contribution in [0.1, 0.15) is 0 Å². The third-order valence-corrected chi connectivity index (χ3v) is 8.63. The van der Waals surface area contributed by atoms with Gasteiger partial charge in [-0.3, -0.25) is 0 Å². The molecule has 0 unspecified atom stereocenters. The second kappa shape index (κ2) is 7.15. The maximum Gasteiger partial charge on any atom is 0.0434 e. The fourth-order valence-corrected chi connectivity index (χ4v) is 7.14. The summed E-state index contributed by atoms with van der Waals surface area (Å²) in [5.74, 6) is 0. The van der Waals surface area contributed by atoms with Gasteiger partial charge in [0.2, 0.25) is 0 Å². The van der Waals surface area contributed by atoms with Crippen LogP contribution in [0.25, 0.3) is 74.7 Å². The van der Waals surface area contributed by atoms with Gasteiger partial charge >= 0.3 is 0 Å². The SMILES string of the molecule is c1ccc(-c2cccc3sc4c(-c5ccc6ccc7cccc8ccc5c6c78)cccc4c23)cc1. The van der Waals surface area contributed by atoms with Crippen molar-refractivity contribution in [2.45, 2.75) is 0 Å². The van der Waals surface area contributed by atoms with Gasteiger partial charge in [0.05, 0.1) is 0 Å². The van der Waals surface area contributed by atoms with Gasteiger partial charge in [-0.2, -0.15) is 0 Å². The molecule has 8 aromatic rings. The Labute approximate surface area is 207 Å². The molecule has 0 fully saturated rings. The van der Waals surface area contributed by atoms with Crippen molar-refractivity contribution in [3.63, 3.8) is 0 Å². The van der Waals surface area contributed by atoms with Crippen LogP contribution in [0.15, 0.2) is 121 Å². The van der Waals surface area contributed by atoms with Crippen molar-refractivity contribution >= 4 is 63.8 Å². The summed E-state index contributed by atoms with van der Waals surface area (Å²) < 4.78 is 2.70. The van der Waals surface area contributed by atoms with Crippen LogP contribution in [-0.2, 0) is 0 Å². The Morgan fingerprint density at radius 2 is 1.06 bits per heavy atom. The zero-order valence-electron chi connectivity index (χ0n) is 19.0. The lowest BCUT2D eigenvalue weighted by atomic mass is 9.89. The van der Waals surface area contributed by atoms with Crippen molar-refractivity contribution < 1.29 is 0 Å². The van der Waals surface area contributed by atoms with E-state index in [1.165, 1.54) is 74.7 Å². The highest BCUT2D eigenvalue weighted by atomic mass is 32.1. The van der Waals surface area contributed by atoms with E-state index in [1.807, 2.05) is 11.3 Å². The van der Waals surface area contributed by atoms with Gasteiger partial charge in [0.1, 0.15) is 0 Å². The minimum atomic E-state index is 1.27. The molecule has 0 aliphatic heterocycles. The zero-order chi connectivity index (χ0) is 22.9. The molecule has 0 aliphatic carbocycles. The molecule has 0 N–H and O–H groups in total. The van der Waals surface area contributed by atoms with Crippen LogP contribution < -0.4 is 0 Å². The average molecular weight is 461 g/mol. The molecule has 0 saturated carbocycles. The Bertz CT molecular complexity index is 2030. The quantitative estimate of drug-likeness (QED) is 0.225. The molecule has 1 heterocycles. The first-order valence-corrected chi connectivity index (χ1v) is 12.8. The van der Waals surface area contributed by atoms with E-state index in [-0.39, 0.29) is 0 Å². The number of hydrogen-bond acceptors (Lipinski definition) is 1. The summed E-state index contributed by atoms with van der Waals surface area (Å²) >= 11 is 1.91. The van der Waals surface area contributed by atoms with E-state index in [0.29, 0.717) is 0 Å². The molecule has 7 aromatic carbocycles. The predicted octanol–water partition coefficient (Wildman–Crippen LogP) is 10.3. The fourth-order valence-electron chi connectivity index (χ4n) is 5.89. The third kappa shape index (κ3) is 2.67. The van der Waals surface area contributed by atoms with Crippen LogP contribution in [0.2, 0.25) is 0 Å². The molecular weight excluding hydrogens is 440 g/mol. The van der Waals surface area contributed by atoms with E-state index in [1.54, 1.807) is 0 Å². The van der Waals surface area contributed by atoms with Gasteiger partial charge < -0.3 is 0 Å². The molecular formula is C34H20S. The second-order valence-electron chi connectivity index (χ2n) is 9.30. The van der Waals surface area contributed by atoms with Gasteiger partial charge in [-0.15, -0.1) is 11.3 Å². The van der Waals surface area contributed by atoms with Gasteiger partial charge in [0.25, 0.3) is 0 Å². The topological polar surface area (TPSA) is 0 Å². The largest absolute Gasteiger partial charge is 0.135 e. The molecule has 0 bridgehead atoms. The fraction of sp³-hybridized carbons (Fsp3) is 0. The predicted molar refractivity (Wildman–Crippen MR) is 154 cm³/mol. The molecule has 8 rings (SSSR count). The van der Waals surface area contributed by atoms with E-state index in [9.17, 15) is 0 Å². The lowest BCUT2D eigenvalue weighted by Crippen LogP contribution is -1.87. The highest BCUT2D eigenvalue weighted by Gasteiger charge is 2.17. The van der Waals surface area contributed by atoms with Crippen molar-refractivity contribution in [1.29, 1.82) is 0 Å². The highest BCUT2D eigenvalue weighted by molar-refractivity contribution is 7.26. The van der Waals surface area contributed by atoms with E-state index >= 15 is 0 Å². The maximum atomic E-state index is 2.32. The van der Waals surface area contributed by atoms with Gasteiger partial charge in [-0.05, 0) is 55.1 Å². The lowest BCUT2D eigenvalue weighted by Gasteiger charge is -2.14. The average Bonchev–Trinajstić information content (AvgIpc) is 3.31. The van der Waals surface area contributed by atoms with Crippen LogP contribution in [0, 0.1) is 0 Å². The molecule has 0 nitrogen and oxygen atoms in total. The van der Waals surface area contributed by atoms with Crippen LogP contribution in [0.3, 0.4) is 0 Å². The molecule has 1 aromatic heterocycles. The number of hydrogen-bond donors (Lipinski definition) is 0. The Morgan fingerprint density at radius 3 is 1.91 bits per heavy atom. The summed E-state index contributed by atoms with van der Waals surface area (Å²) in [6, 6.07) is 44.6. The maximum absolute atomic E-state index is 2.32. The lowest BCUT2D eigenvalue weighted by molar-refractivity contribution is 1.67. The Hall–Kier alpha value is -4.20. The number of thiophene rings is 1. The van der Waals surface area contributed by atoms with Crippen molar-refractivity contribution in [3.05, 3.63) is 121 Å². The second-order valence-corrected chi connectivity index (χ2v) is 10.4. The highest BCUT2D eigenvalue weighted by Crippen LogP contribution is 2.46. The summed E-state index contributed by atoms with van der Waals surface area (Å²) in [6.07, 6.45) is 0. The minimum absolute atomic E-state index is 1.27. The normalized spacial score (nSPS) is 12.0. The molecule has 0 aliphatic rings. The molecule has 35 heavy (non-hydrogen) atoms. The summed E-state index contributed by atoms with van der Waals surface area (Å²) in [4.78, 5) is 0. The standard InChI is InChI=1S/C34H20S/c1-2-7-21(8-3-1)25-11-6-14-30-33(25)29-13-5-12-28(34(29)35-30)26-19-17-24-16-15-22-9-4-10-23-18-20-27(26)32(24)31(22)23/h1-20H. The van der Waals surface area contributed by atoms with Crippen LogP contribution in [-0.4, -0.2) is 0 Å². The number of benzene rings is 7. The zero-order valence-corrected chi connectivity index (χ0v) is 19.8. The summed E-state index contributed by atoms with van der Waals surface area (Å²) in [6.45, 7) is 0. The van der Waals surface area contributed by atoms with E-state index in [0.717, 1.165) is 0 Å². The van der Waals surface area contributed by atoms with Crippen LogP contribution in [0.4, 0.5) is 0 Å². The third-order valence-electron chi connectivity index (χ3n) is 7.43. The Kier molecular flexibility index (Phi) is 3.91. The Morgan fingerprint density at radius 1 is 0.371 bits per heavy atom. The van der Waals surface area contributed by atoms with Crippen LogP contribution >= 0.6 is 11.3 Å². The van der Waals surface area contributed by atoms with E-state index in [2.05, 4.69) is 121 Å². The number of rotatable bonds is 2. The minimum Gasteiger partial charge on any atom is -0.135 e. The smallest absolute Gasteiger partial charge is 0.0434 e. The molecule has 0 amide bonds. The molecule has 0 saturated heterocycles. The molecule has 1 heteroatoms. The van der Waals surface area contributed by atoms with Crippen molar-refractivity contribution in [3.8, 4) is 22.3 Å². The molecule has 0 radical (unpaired) electrons. The first-order chi connectivity index (χ1) is 17.4.